The van der Waals surface area contributed by atoms with E-state index in [1.54, 1.807) is 13.0 Å². The fourth-order valence-electron chi connectivity index (χ4n) is 1.67. The van der Waals surface area contributed by atoms with Crippen molar-refractivity contribution in [2.24, 2.45) is 0 Å². The van der Waals surface area contributed by atoms with E-state index >= 15 is 0 Å². The molecule has 2 rings (SSSR count). The molecule has 0 aliphatic carbocycles. The van der Waals surface area contributed by atoms with Crippen LogP contribution >= 0.6 is 11.8 Å². The van der Waals surface area contributed by atoms with Gasteiger partial charge in [-0.3, -0.25) is 0 Å². The van der Waals surface area contributed by atoms with E-state index in [1.165, 1.54) is 18.4 Å². The molecular formula is C14H15F2NOS. The highest BCUT2D eigenvalue weighted by Crippen LogP contribution is 2.34. The third-order valence-electron chi connectivity index (χ3n) is 2.66. The minimum atomic E-state index is -0.543. The highest BCUT2D eigenvalue weighted by Gasteiger charge is 2.14. The summed E-state index contributed by atoms with van der Waals surface area (Å²) >= 11 is 1.04. The first-order chi connectivity index (χ1) is 9.11. The van der Waals surface area contributed by atoms with Crippen LogP contribution in [0.4, 0.5) is 8.78 Å². The lowest BCUT2D eigenvalue weighted by Gasteiger charge is -2.08. The molecule has 1 aromatic heterocycles. The lowest BCUT2D eigenvalue weighted by atomic mass is 10.2. The smallest absolute Gasteiger partial charge is 0.140 e. The lowest BCUT2D eigenvalue weighted by Crippen LogP contribution is -2.12. The molecule has 0 radical (unpaired) electrons. The van der Waals surface area contributed by atoms with Crippen molar-refractivity contribution in [3.8, 4) is 0 Å². The number of furan rings is 1. The maximum absolute atomic E-state index is 13.9. The summed E-state index contributed by atoms with van der Waals surface area (Å²) in [6.45, 7) is 4.92. The monoisotopic (exact) mass is 283 g/mol. The Morgan fingerprint density at radius 1 is 1.26 bits per heavy atom. The molecule has 0 bridgehead atoms. The van der Waals surface area contributed by atoms with Crippen LogP contribution in [-0.4, -0.2) is 6.54 Å². The number of rotatable bonds is 5. The largest absolute Gasteiger partial charge is 0.468 e. The maximum Gasteiger partial charge on any atom is 0.140 e. The van der Waals surface area contributed by atoms with Gasteiger partial charge in [0.05, 0.1) is 16.1 Å². The fraction of sp³-hybridized carbons (Fsp3) is 0.286. The number of benzene rings is 1. The Hall–Kier alpha value is -1.33. The highest BCUT2D eigenvalue weighted by molar-refractivity contribution is 7.99. The third kappa shape index (κ3) is 3.36. The van der Waals surface area contributed by atoms with Crippen molar-refractivity contribution < 1.29 is 13.2 Å². The molecule has 0 saturated heterocycles. The Morgan fingerprint density at radius 2 is 1.95 bits per heavy atom. The van der Waals surface area contributed by atoms with Gasteiger partial charge in [-0.2, -0.15) is 0 Å². The van der Waals surface area contributed by atoms with Crippen LogP contribution in [-0.2, 0) is 6.54 Å². The second-order valence-electron chi connectivity index (χ2n) is 4.11. The van der Waals surface area contributed by atoms with Crippen LogP contribution in [0.25, 0.3) is 0 Å². The Morgan fingerprint density at radius 3 is 2.47 bits per heavy atom. The van der Waals surface area contributed by atoms with Crippen molar-refractivity contribution >= 4 is 11.8 Å². The summed E-state index contributed by atoms with van der Waals surface area (Å²) in [6, 6.07) is 4.43. The second-order valence-corrected chi connectivity index (χ2v) is 5.16. The number of aryl methyl sites for hydroxylation is 1. The number of hydrogen-bond donors (Lipinski definition) is 1. The average Bonchev–Trinajstić information content (AvgIpc) is 2.77. The lowest BCUT2D eigenvalue weighted by molar-refractivity contribution is 0.525. The predicted molar refractivity (Wildman–Crippen MR) is 71.3 cm³/mol. The molecule has 0 spiro atoms. The summed E-state index contributed by atoms with van der Waals surface area (Å²) < 4.78 is 33.0. The molecule has 1 heterocycles. The van der Waals surface area contributed by atoms with Gasteiger partial charge in [0.25, 0.3) is 0 Å². The van der Waals surface area contributed by atoms with E-state index < -0.39 is 11.6 Å². The molecule has 0 atom stereocenters. The highest BCUT2D eigenvalue weighted by atomic mass is 32.2. The van der Waals surface area contributed by atoms with Crippen molar-refractivity contribution in [2.45, 2.75) is 30.2 Å². The molecule has 1 N–H and O–H groups in total. The Balaban J connectivity index is 2.24. The van der Waals surface area contributed by atoms with Gasteiger partial charge in [-0.05, 0) is 37.2 Å². The van der Waals surface area contributed by atoms with E-state index in [1.807, 2.05) is 6.92 Å². The second kappa shape index (κ2) is 6.21. The Kier molecular flexibility index (Phi) is 4.61. The molecule has 0 aliphatic rings. The maximum atomic E-state index is 13.9. The predicted octanol–water partition coefficient (Wildman–Crippen LogP) is 4.13. The molecule has 0 unspecified atom stereocenters. The third-order valence-corrected chi connectivity index (χ3v) is 3.90. The van der Waals surface area contributed by atoms with Gasteiger partial charge < -0.3 is 9.73 Å². The summed E-state index contributed by atoms with van der Waals surface area (Å²) in [5, 5.41) is 3.04. The molecule has 0 aliphatic heterocycles. The summed E-state index contributed by atoms with van der Waals surface area (Å²) in [4.78, 5) is 0.724. The number of nitrogens with one attached hydrogen (secondary N) is 1. The average molecular weight is 283 g/mol. The summed E-state index contributed by atoms with van der Waals surface area (Å²) in [6.07, 6.45) is 1.51. The summed E-state index contributed by atoms with van der Waals surface area (Å²) in [7, 11) is 0. The van der Waals surface area contributed by atoms with Gasteiger partial charge in [0, 0.05) is 6.54 Å². The zero-order valence-corrected chi connectivity index (χ0v) is 11.6. The summed E-state index contributed by atoms with van der Waals surface area (Å²) in [5.41, 5.74) is 0.602. The van der Waals surface area contributed by atoms with E-state index in [4.69, 9.17) is 4.42 Å². The van der Waals surface area contributed by atoms with Gasteiger partial charge in [0.1, 0.15) is 17.4 Å². The molecule has 0 saturated carbocycles. The minimum absolute atomic E-state index is 0.00440. The van der Waals surface area contributed by atoms with Crippen molar-refractivity contribution in [1.82, 2.24) is 5.32 Å². The van der Waals surface area contributed by atoms with Crippen LogP contribution in [0.15, 0.2) is 38.7 Å². The van der Waals surface area contributed by atoms with Crippen molar-refractivity contribution in [3.05, 3.63) is 47.4 Å². The normalized spacial score (nSPS) is 10.9. The van der Waals surface area contributed by atoms with Crippen molar-refractivity contribution in [1.29, 1.82) is 0 Å². The van der Waals surface area contributed by atoms with Crippen LogP contribution in [0.5, 0.6) is 0 Å². The molecule has 2 aromatic rings. The molecule has 2 nitrogen and oxygen atoms in total. The number of hydrogen-bond acceptors (Lipinski definition) is 3. The molecule has 102 valence electrons. The van der Waals surface area contributed by atoms with E-state index in [0.717, 1.165) is 23.2 Å². The number of halogens is 2. The van der Waals surface area contributed by atoms with Crippen LogP contribution in [0.3, 0.4) is 0 Å². The zero-order chi connectivity index (χ0) is 13.8. The molecule has 5 heteroatoms. The molecule has 0 fully saturated rings. The Labute approximate surface area is 115 Å². The molecule has 0 amide bonds. The van der Waals surface area contributed by atoms with Crippen LogP contribution in [0.1, 0.15) is 18.2 Å². The van der Waals surface area contributed by atoms with Gasteiger partial charge in [0.15, 0.2) is 0 Å². The molecule has 1 aromatic carbocycles. The van der Waals surface area contributed by atoms with E-state index in [0.29, 0.717) is 17.9 Å². The first-order valence-corrected chi connectivity index (χ1v) is 6.84. The first-order valence-electron chi connectivity index (χ1n) is 6.02. The van der Waals surface area contributed by atoms with E-state index in [9.17, 15) is 8.78 Å². The Bertz CT molecular complexity index is 545. The standard InChI is InChI=1S/C14H15F2NOS/c1-3-17-8-10-6-11(15)14(12(16)7-10)19-13-4-5-18-9(13)2/h4-7,17H,3,8H2,1-2H3. The van der Waals surface area contributed by atoms with E-state index in [2.05, 4.69) is 5.32 Å². The molecule has 19 heavy (non-hydrogen) atoms. The SMILES string of the molecule is CCNCc1cc(F)c(Sc2ccoc2C)c(F)c1. The van der Waals surface area contributed by atoms with Gasteiger partial charge in [-0.1, -0.05) is 18.7 Å². The van der Waals surface area contributed by atoms with E-state index in [-0.39, 0.29) is 4.90 Å². The van der Waals surface area contributed by atoms with Gasteiger partial charge in [0.2, 0.25) is 0 Å². The van der Waals surface area contributed by atoms with Crippen LogP contribution in [0, 0.1) is 18.6 Å². The summed E-state index contributed by atoms with van der Waals surface area (Å²) in [5.74, 6) is -0.433. The zero-order valence-electron chi connectivity index (χ0n) is 10.8. The fourth-order valence-corrected chi connectivity index (χ4v) is 2.52. The van der Waals surface area contributed by atoms with Gasteiger partial charge in [-0.15, -0.1) is 0 Å². The molecular weight excluding hydrogens is 268 g/mol. The van der Waals surface area contributed by atoms with Crippen molar-refractivity contribution in [2.75, 3.05) is 6.54 Å². The van der Waals surface area contributed by atoms with Gasteiger partial charge in [-0.25, -0.2) is 8.78 Å². The quantitative estimate of drug-likeness (QED) is 0.893. The minimum Gasteiger partial charge on any atom is -0.468 e. The van der Waals surface area contributed by atoms with Gasteiger partial charge >= 0.3 is 0 Å². The first kappa shape index (κ1) is 14.1. The van der Waals surface area contributed by atoms with Crippen molar-refractivity contribution in [3.63, 3.8) is 0 Å². The van der Waals surface area contributed by atoms with Crippen LogP contribution in [0.2, 0.25) is 0 Å². The topological polar surface area (TPSA) is 25.2 Å². The van der Waals surface area contributed by atoms with Crippen LogP contribution < -0.4 is 5.32 Å².